The second-order valence-corrected chi connectivity index (χ2v) is 8.07. The molecule has 3 aliphatic rings. The first-order chi connectivity index (χ1) is 12.5. The van der Waals surface area contributed by atoms with Crippen molar-refractivity contribution in [2.24, 2.45) is 18.4 Å². The van der Waals surface area contributed by atoms with Gasteiger partial charge in [-0.05, 0) is 43.9 Å². The Kier molecular flexibility index (Phi) is 4.36. The average Bonchev–Trinajstić information content (AvgIpc) is 3.28. The number of nitrogens with zero attached hydrogens (tertiary/aromatic N) is 5. The lowest BCUT2D eigenvalue weighted by Gasteiger charge is -2.34. The van der Waals surface area contributed by atoms with Gasteiger partial charge in [0.2, 0.25) is 11.8 Å². The molecule has 0 radical (unpaired) electrons. The molecule has 3 fully saturated rings. The summed E-state index contributed by atoms with van der Waals surface area (Å²) in [4.78, 5) is 40.9. The highest BCUT2D eigenvalue weighted by atomic mass is 16.2. The Balaban J connectivity index is 1.30. The predicted octanol–water partition coefficient (Wildman–Crippen LogP) is 0.223. The zero-order valence-corrected chi connectivity index (χ0v) is 15.4. The third kappa shape index (κ3) is 3.05. The van der Waals surface area contributed by atoms with Crippen molar-refractivity contribution in [3.63, 3.8) is 0 Å². The van der Waals surface area contributed by atoms with E-state index < -0.39 is 0 Å². The van der Waals surface area contributed by atoms with Crippen LogP contribution in [0.3, 0.4) is 0 Å². The van der Waals surface area contributed by atoms with E-state index in [0.29, 0.717) is 19.0 Å². The maximum atomic E-state index is 12.7. The molecular formula is C18H27N5O3. The van der Waals surface area contributed by atoms with E-state index in [1.54, 1.807) is 7.05 Å². The predicted molar refractivity (Wildman–Crippen MR) is 94.3 cm³/mol. The number of likely N-dealkylation sites (tertiary alicyclic amines) is 2. The zero-order valence-electron chi connectivity index (χ0n) is 15.4. The van der Waals surface area contributed by atoms with E-state index in [1.807, 2.05) is 9.80 Å². The summed E-state index contributed by atoms with van der Waals surface area (Å²) in [7, 11) is 1.62. The molecule has 0 N–H and O–H groups in total. The topological polar surface area (TPSA) is 80.4 Å². The summed E-state index contributed by atoms with van der Waals surface area (Å²) in [6.45, 7) is 3.15. The van der Waals surface area contributed by atoms with Gasteiger partial charge in [-0.2, -0.15) is 5.10 Å². The number of aryl methyl sites for hydroxylation is 1. The fourth-order valence-electron chi connectivity index (χ4n) is 4.54. The van der Waals surface area contributed by atoms with Gasteiger partial charge in [-0.15, -0.1) is 0 Å². The summed E-state index contributed by atoms with van der Waals surface area (Å²) < 4.78 is 2.56. The van der Waals surface area contributed by atoms with Gasteiger partial charge in [-0.25, -0.2) is 9.48 Å². The molecule has 3 heterocycles. The van der Waals surface area contributed by atoms with E-state index in [-0.39, 0.29) is 29.5 Å². The lowest BCUT2D eigenvalue weighted by atomic mass is 9.90. The maximum absolute atomic E-state index is 12.7. The fourth-order valence-corrected chi connectivity index (χ4v) is 4.54. The molecule has 1 aromatic heterocycles. The molecule has 0 aromatic carbocycles. The van der Waals surface area contributed by atoms with Crippen LogP contribution < -0.4 is 5.69 Å². The van der Waals surface area contributed by atoms with Gasteiger partial charge in [0.1, 0.15) is 12.9 Å². The highest BCUT2D eigenvalue weighted by molar-refractivity contribution is 5.83. The number of amides is 2. The van der Waals surface area contributed by atoms with E-state index in [9.17, 15) is 14.4 Å². The molecule has 1 unspecified atom stereocenters. The minimum absolute atomic E-state index is 0.0111. The SMILES string of the molecule is Cn1cnn(CC(=O)N2CCC3(CC2)CC3C(=O)N2CCCCC2)c1=O. The number of hydrogen-bond acceptors (Lipinski definition) is 4. The van der Waals surface area contributed by atoms with Gasteiger partial charge < -0.3 is 9.80 Å². The van der Waals surface area contributed by atoms with Crippen molar-refractivity contribution in [2.75, 3.05) is 26.2 Å². The van der Waals surface area contributed by atoms with Crippen LogP contribution in [-0.4, -0.2) is 62.1 Å². The Morgan fingerprint density at radius 3 is 2.42 bits per heavy atom. The minimum atomic E-state index is -0.277. The molecular weight excluding hydrogens is 334 g/mol. The molecule has 1 atom stereocenters. The second kappa shape index (κ2) is 6.55. The van der Waals surface area contributed by atoms with Crippen LogP contribution in [-0.2, 0) is 23.2 Å². The first-order valence-corrected chi connectivity index (χ1v) is 9.65. The van der Waals surface area contributed by atoms with E-state index in [4.69, 9.17) is 0 Å². The Morgan fingerprint density at radius 1 is 1.12 bits per heavy atom. The van der Waals surface area contributed by atoms with Crippen LogP contribution >= 0.6 is 0 Å². The van der Waals surface area contributed by atoms with Crippen molar-refractivity contribution in [1.29, 1.82) is 0 Å². The number of carbonyl (C=O) groups excluding carboxylic acids is 2. The van der Waals surface area contributed by atoms with Crippen LogP contribution in [0.25, 0.3) is 0 Å². The van der Waals surface area contributed by atoms with Crippen molar-refractivity contribution in [1.82, 2.24) is 24.1 Å². The van der Waals surface area contributed by atoms with Crippen molar-refractivity contribution < 1.29 is 9.59 Å². The van der Waals surface area contributed by atoms with Gasteiger partial charge >= 0.3 is 5.69 Å². The fraction of sp³-hybridized carbons (Fsp3) is 0.778. The van der Waals surface area contributed by atoms with Crippen LogP contribution in [0.1, 0.15) is 38.5 Å². The number of rotatable bonds is 3. The summed E-state index contributed by atoms with van der Waals surface area (Å²) in [5.41, 5.74) is -0.158. The summed E-state index contributed by atoms with van der Waals surface area (Å²) >= 11 is 0. The Morgan fingerprint density at radius 2 is 1.81 bits per heavy atom. The molecule has 1 aliphatic carbocycles. The van der Waals surface area contributed by atoms with Gasteiger partial charge in [0, 0.05) is 39.1 Å². The van der Waals surface area contributed by atoms with Crippen LogP contribution in [0.5, 0.6) is 0 Å². The summed E-state index contributed by atoms with van der Waals surface area (Å²) in [5, 5.41) is 3.95. The zero-order chi connectivity index (χ0) is 18.3. The molecule has 2 aliphatic heterocycles. The highest BCUT2D eigenvalue weighted by Gasteiger charge is 2.59. The maximum Gasteiger partial charge on any atom is 0.345 e. The van der Waals surface area contributed by atoms with Crippen molar-refractivity contribution >= 4 is 11.8 Å². The molecule has 1 aromatic rings. The van der Waals surface area contributed by atoms with E-state index in [0.717, 1.165) is 45.2 Å². The van der Waals surface area contributed by atoms with Gasteiger partial charge in [0.05, 0.1) is 0 Å². The van der Waals surface area contributed by atoms with Crippen molar-refractivity contribution in [3.8, 4) is 0 Å². The lowest BCUT2D eigenvalue weighted by Crippen LogP contribution is -2.44. The number of piperidine rings is 2. The van der Waals surface area contributed by atoms with Gasteiger partial charge in [-0.3, -0.25) is 14.2 Å². The summed E-state index contributed by atoms with van der Waals surface area (Å²) in [6, 6.07) is 0. The van der Waals surface area contributed by atoms with Crippen LogP contribution in [0, 0.1) is 11.3 Å². The smallest absolute Gasteiger partial charge is 0.342 e. The Labute approximate surface area is 152 Å². The second-order valence-electron chi connectivity index (χ2n) is 8.07. The monoisotopic (exact) mass is 361 g/mol. The summed E-state index contributed by atoms with van der Waals surface area (Å²) in [6.07, 6.45) is 7.66. The quantitative estimate of drug-likeness (QED) is 0.772. The number of hydrogen-bond donors (Lipinski definition) is 0. The van der Waals surface area contributed by atoms with E-state index >= 15 is 0 Å². The molecule has 8 heteroatoms. The molecule has 0 bridgehead atoms. The minimum Gasteiger partial charge on any atom is -0.342 e. The Hall–Kier alpha value is -2.12. The molecule has 2 amide bonds. The molecule has 1 spiro atoms. The van der Waals surface area contributed by atoms with Crippen molar-refractivity contribution in [2.45, 2.75) is 45.1 Å². The first kappa shape index (κ1) is 17.3. The first-order valence-electron chi connectivity index (χ1n) is 9.65. The van der Waals surface area contributed by atoms with Gasteiger partial charge in [0.25, 0.3) is 0 Å². The van der Waals surface area contributed by atoms with Gasteiger partial charge in [-0.1, -0.05) is 0 Å². The number of aromatic nitrogens is 3. The molecule has 2 saturated heterocycles. The molecule has 142 valence electrons. The largest absolute Gasteiger partial charge is 0.345 e. The standard InChI is InChI=1S/C18H27N5O3/c1-20-13-19-23(17(20)26)12-15(24)21-9-5-18(6-10-21)11-14(18)16(25)22-7-3-2-4-8-22/h13-14H,2-12H2,1H3. The van der Waals surface area contributed by atoms with Crippen LogP contribution in [0.4, 0.5) is 0 Å². The lowest BCUT2D eigenvalue weighted by molar-refractivity contribution is -0.135. The third-order valence-electron chi connectivity index (χ3n) is 6.44. The van der Waals surface area contributed by atoms with E-state index in [1.165, 1.54) is 22.0 Å². The highest BCUT2D eigenvalue weighted by Crippen LogP contribution is 2.60. The molecule has 26 heavy (non-hydrogen) atoms. The van der Waals surface area contributed by atoms with Crippen LogP contribution in [0.15, 0.2) is 11.1 Å². The number of carbonyl (C=O) groups is 2. The Bertz CT molecular complexity index is 753. The van der Waals surface area contributed by atoms with Crippen LogP contribution in [0.2, 0.25) is 0 Å². The molecule has 8 nitrogen and oxygen atoms in total. The van der Waals surface area contributed by atoms with Crippen molar-refractivity contribution in [3.05, 3.63) is 16.8 Å². The van der Waals surface area contributed by atoms with E-state index in [2.05, 4.69) is 5.10 Å². The summed E-state index contributed by atoms with van der Waals surface area (Å²) in [5.74, 6) is 0.431. The molecule has 4 rings (SSSR count). The third-order valence-corrected chi connectivity index (χ3v) is 6.44. The average molecular weight is 361 g/mol. The normalized spacial score (nSPS) is 24.7. The van der Waals surface area contributed by atoms with Gasteiger partial charge in [0.15, 0.2) is 0 Å². The molecule has 1 saturated carbocycles.